The summed E-state index contributed by atoms with van der Waals surface area (Å²) in [7, 11) is 1.85. The minimum atomic E-state index is -1.13. The molecule has 3 aromatic rings. The molecule has 0 aliphatic carbocycles. The number of carbonyl (C=O) groups excluding carboxylic acids is 1. The first-order valence-corrected chi connectivity index (χ1v) is 8.23. The lowest BCUT2D eigenvalue weighted by Gasteiger charge is -2.16. The predicted octanol–water partition coefficient (Wildman–Crippen LogP) is 1.73. The fraction of sp³-hybridized carbons (Fsp3) is 0.250. The Hall–Kier alpha value is -2.78. The zero-order chi connectivity index (χ0) is 17.8. The van der Waals surface area contributed by atoms with Crippen LogP contribution >= 0.6 is 11.7 Å². The van der Waals surface area contributed by atoms with E-state index in [0.29, 0.717) is 12.3 Å². The minimum absolute atomic E-state index is 0.145. The van der Waals surface area contributed by atoms with Crippen molar-refractivity contribution in [2.24, 2.45) is 0 Å². The second-order valence-electron chi connectivity index (χ2n) is 5.61. The summed E-state index contributed by atoms with van der Waals surface area (Å²) in [5.74, 6) is -1.06. The van der Waals surface area contributed by atoms with Crippen LogP contribution in [0.25, 0.3) is 11.0 Å². The molecule has 3 rings (SSSR count). The quantitative estimate of drug-likeness (QED) is 0.660. The Labute approximate surface area is 147 Å². The number of likely N-dealkylation sites (N-methyl/N-ethyl adjacent to an activating group) is 1. The Morgan fingerprint density at radius 2 is 2.04 bits per heavy atom. The van der Waals surface area contributed by atoms with Gasteiger partial charge < -0.3 is 14.8 Å². The Morgan fingerprint density at radius 1 is 1.24 bits per heavy atom. The first-order chi connectivity index (χ1) is 12.0. The van der Waals surface area contributed by atoms with Gasteiger partial charge in [-0.05, 0) is 36.9 Å². The summed E-state index contributed by atoms with van der Waals surface area (Å²) in [6.45, 7) is 0.959. The number of aromatic nitrogens is 2. The molecule has 0 fully saturated rings. The SMILES string of the molecule is CN(CC(=O)NCc1ccc(C(=O)O)o1)Cc1ccc2nsnc2c1. The highest BCUT2D eigenvalue weighted by Gasteiger charge is 2.11. The van der Waals surface area contributed by atoms with E-state index in [1.165, 1.54) is 23.9 Å². The molecular weight excluding hydrogens is 344 g/mol. The number of amides is 1. The Morgan fingerprint density at radius 3 is 2.80 bits per heavy atom. The van der Waals surface area contributed by atoms with E-state index in [1.807, 2.05) is 30.1 Å². The van der Waals surface area contributed by atoms with Crippen LogP contribution in [-0.2, 0) is 17.9 Å². The zero-order valence-electron chi connectivity index (χ0n) is 13.4. The van der Waals surface area contributed by atoms with Crippen molar-refractivity contribution in [1.82, 2.24) is 19.0 Å². The number of carboxylic acid groups (broad SMARTS) is 1. The van der Waals surface area contributed by atoms with Crippen LogP contribution < -0.4 is 5.32 Å². The van der Waals surface area contributed by atoms with Gasteiger partial charge >= 0.3 is 5.97 Å². The van der Waals surface area contributed by atoms with Crippen LogP contribution in [0.5, 0.6) is 0 Å². The number of carbonyl (C=O) groups is 2. The van der Waals surface area contributed by atoms with Gasteiger partial charge in [0.05, 0.1) is 24.8 Å². The molecule has 130 valence electrons. The summed E-state index contributed by atoms with van der Waals surface area (Å²) in [5, 5.41) is 11.5. The van der Waals surface area contributed by atoms with Crippen molar-refractivity contribution >= 4 is 34.6 Å². The Balaban J connectivity index is 1.48. The average Bonchev–Trinajstić information content (AvgIpc) is 3.21. The maximum absolute atomic E-state index is 12.0. The molecule has 0 bridgehead atoms. The second-order valence-corrected chi connectivity index (χ2v) is 6.14. The normalized spacial score (nSPS) is 11.1. The molecule has 2 aromatic heterocycles. The average molecular weight is 360 g/mol. The molecule has 9 heteroatoms. The van der Waals surface area contributed by atoms with Crippen LogP contribution in [0.4, 0.5) is 0 Å². The van der Waals surface area contributed by atoms with Gasteiger partial charge in [0.15, 0.2) is 0 Å². The van der Waals surface area contributed by atoms with E-state index in [1.54, 1.807) is 0 Å². The van der Waals surface area contributed by atoms with Crippen molar-refractivity contribution in [3.8, 4) is 0 Å². The molecule has 0 aliphatic heterocycles. The number of nitrogens with zero attached hydrogens (tertiary/aromatic N) is 3. The maximum atomic E-state index is 12.0. The van der Waals surface area contributed by atoms with Gasteiger partial charge in [0.1, 0.15) is 16.8 Å². The highest BCUT2D eigenvalue weighted by Crippen LogP contribution is 2.14. The monoisotopic (exact) mass is 360 g/mol. The lowest BCUT2D eigenvalue weighted by molar-refractivity contribution is -0.122. The van der Waals surface area contributed by atoms with E-state index in [4.69, 9.17) is 9.52 Å². The molecule has 0 atom stereocenters. The van der Waals surface area contributed by atoms with Gasteiger partial charge in [0.25, 0.3) is 0 Å². The number of carboxylic acids is 1. The third kappa shape index (κ3) is 4.40. The molecule has 0 saturated carbocycles. The number of rotatable bonds is 7. The molecule has 0 aliphatic rings. The lowest BCUT2D eigenvalue weighted by atomic mass is 10.2. The molecule has 0 saturated heterocycles. The number of nitrogens with one attached hydrogen (secondary N) is 1. The number of fused-ring (bicyclic) bond motifs is 1. The predicted molar refractivity (Wildman–Crippen MR) is 91.3 cm³/mol. The Kier molecular flexibility index (Phi) is 5.05. The van der Waals surface area contributed by atoms with Crippen LogP contribution in [0.2, 0.25) is 0 Å². The number of benzene rings is 1. The molecule has 2 N–H and O–H groups in total. The van der Waals surface area contributed by atoms with Crippen molar-refractivity contribution in [1.29, 1.82) is 0 Å². The van der Waals surface area contributed by atoms with E-state index in [-0.39, 0.29) is 24.8 Å². The molecule has 0 spiro atoms. The molecule has 2 heterocycles. The van der Waals surface area contributed by atoms with Crippen molar-refractivity contribution in [2.75, 3.05) is 13.6 Å². The number of hydrogen-bond donors (Lipinski definition) is 2. The van der Waals surface area contributed by atoms with Crippen molar-refractivity contribution in [3.63, 3.8) is 0 Å². The van der Waals surface area contributed by atoms with Gasteiger partial charge in [0, 0.05) is 6.54 Å². The maximum Gasteiger partial charge on any atom is 0.371 e. The van der Waals surface area contributed by atoms with E-state index in [0.717, 1.165) is 16.6 Å². The molecule has 1 amide bonds. The van der Waals surface area contributed by atoms with Crippen LogP contribution in [0, 0.1) is 0 Å². The lowest BCUT2D eigenvalue weighted by Crippen LogP contribution is -2.34. The summed E-state index contributed by atoms with van der Waals surface area (Å²) in [5.41, 5.74) is 2.77. The number of hydrogen-bond acceptors (Lipinski definition) is 7. The minimum Gasteiger partial charge on any atom is -0.475 e. The van der Waals surface area contributed by atoms with E-state index in [9.17, 15) is 9.59 Å². The third-order valence-electron chi connectivity index (χ3n) is 3.52. The standard InChI is InChI=1S/C16H16N4O4S/c1-20(8-10-2-4-12-13(6-10)19-25-18-12)9-15(21)17-7-11-3-5-14(24-11)16(22)23/h2-6H,7-9H2,1H3,(H,17,21)(H,22,23). The highest BCUT2D eigenvalue weighted by molar-refractivity contribution is 7.00. The van der Waals surface area contributed by atoms with Crippen LogP contribution in [0.15, 0.2) is 34.7 Å². The van der Waals surface area contributed by atoms with Crippen LogP contribution in [0.3, 0.4) is 0 Å². The molecule has 1 aromatic carbocycles. The van der Waals surface area contributed by atoms with Gasteiger partial charge in [-0.25, -0.2) is 4.79 Å². The highest BCUT2D eigenvalue weighted by atomic mass is 32.1. The summed E-state index contributed by atoms with van der Waals surface area (Å²) >= 11 is 1.18. The summed E-state index contributed by atoms with van der Waals surface area (Å²) in [4.78, 5) is 24.6. The first-order valence-electron chi connectivity index (χ1n) is 7.50. The molecule has 0 radical (unpaired) electrons. The zero-order valence-corrected chi connectivity index (χ0v) is 14.2. The molecule has 25 heavy (non-hydrogen) atoms. The third-order valence-corrected chi connectivity index (χ3v) is 4.07. The van der Waals surface area contributed by atoms with E-state index < -0.39 is 5.97 Å². The van der Waals surface area contributed by atoms with E-state index in [2.05, 4.69) is 14.1 Å². The topological polar surface area (TPSA) is 109 Å². The van der Waals surface area contributed by atoms with Crippen molar-refractivity contribution < 1.29 is 19.1 Å². The second kappa shape index (κ2) is 7.41. The van der Waals surface area contributed by atoms with Crippen LogP contribution in [-0.4, -0.2) is 44.2 Å². The Bertz CT molecular complexity index is 904. The van der Waals surface area contributed by atoms with Gasteiger partial charge in [-0.1, -0.05) is 6.07 Å². The van der Waals surface area contributed by atoms with Crippen molar-refractivity contribution in [3.05, 3.63) is 47.4 Å². The van der Waals surface area contributed by atoms with Gasteiger partial charge in [0.2, 0.25) is 11.7 Å². The van der Waals surface area contributed by atoms with Gasteiger partial charge in [-0.2, -0.15) is 8.75 Å². The van der Waals surface area contributed by atoms with Gasteiger partial charge in [-0.3, -0.25) is 9.69 Å². The number of aromatic carboxylic acids is 1. The smallest absolute Gasteiger partial charge is 0.371 e. The molecular formula is C16H16N4O4S. The fourth-order valence-corrected chi connectivity index (χ4v) is 2.89. The number of furan rings is 1. The molecule has 8 nitrogen and oxygen atoms in total. The summed E-state index contributed by atoms with van der Waals surface area (Å²) in [6.07, 6.45) is 0. The fourth-order valence-electron chi connectivity index (χ4n) is 2.37. The van der Waals surface area contributed by atoms with Crippen molar-refractivity contribution in [2.45, 2.75) is 13.1 Å². The summed E-state index contributed by atoms with van der Waals surface area (Å²) in [6, 6.07) is 8.74. The van der Waals surface area contributed by atoms with E-state index >= 15 is 0 Å². The molecule has 0 unspecified atom stereocenters. The first kappa shape index (κ1) is 17.1. The van der Waals surface area contributed by atoms with Gasteiger partial charge in [-0.15, -0.1) is 0 Å². The van der Waals surface area contributed by atoms with Crippen LogP contribution in [0.1, 0.15) is 21.9 Å². The summed E-state index contributed by atoms with van der Waals surface area (Å²) < 4.78 is 13.5. The largest absolute Gasteiger partial charge is 0.475 e.